The summed E-state index contributed by atoms with van der Waals surface area (Å²) in [4.78, 5) is 33.7. The van der Waals surface area contributed by atoms with Crippen molar-refractivity contribution in [2.45, 2.75) is 23.9 Å². The summed E-state index contributed by atoms with van der Waals surface area (Å²) in [5.74, 6) is 0.0606. The van der Waals surface area contributed by atoms with Gasteiger partial charge in [-0.15, -0.1) is 0 Å². The predicted molar refractivity (Wildman–Crippen MR) is 124 cm³/mol. The zero-order valence-electron chi connectivity index (χ0n) is 17.5. The first-order valence-electron chi connectivity index (χ1n) is 9.59. The monoisotopic (exact) mass is 458 g/mol. The van der Waals surface area contributed by atoms with Crippen LogP contribution in [-0.2, 0) is 0 Å². The normalized spacial score (nSPS) is 10.2. The van der Waals surface area contributed by atoms with E-state index in [1.165, 1.54) is 23.5 Å². The van der Waals surface area contributed by atoms with Gasteiger partial charge in [-0.2, -0.15) is 10.5 Å². The van der Waals surface area contributed by atoms with Crippen LogP contribution in [0.1, 0.15) is 43.2 Å². The molecule has 0 N–H and O–H groups in total. The molecule has 0 amide bonds. The Kier molecular flexibility index (Phi) is 7.77. The van der Waals surface area contributed by atoms with Crippen LogP contribution in [0.25, 0.3) is 0 Å². The zero-order chi connectivity index (χ0) is 23.1. The Morgan fingerprint density at radius 1 is 0.719 bits per heavy atom. The van der Waals surface area contributed by atoms with E-state index in [-0.39, 0.29) is 23.1 Å². The molecular weight excluding hydrogens is 440 g/mol. The molecule has 32 heavy (non-hydrogen) atoms. The van der Waals surface area contributed by atoms with Crippen molar-refractivity contribution >= 4 is 35.1 Å². The number of ketones is 2. The molecule has 0 aliphatic carbocycles. The molecule has 0 saturated carbocycles. The minimum absolute atomic E-state index is 0.113. The van der Waals surface area contributed by atoms with Crippen molar-refractivity contribution in [1.82, 2.24) is 9.97 Å². The van der Waals surface area contributed by atoms with Gasteiger partial charge in [-0.25, -0.2) is 9.97 Å². The largest absolute Gasteiger partial charge is 0.293 e. The highest BCUT2D eigenvalue weighted by atomic mass is 32.2. The van der Waals surface area contributed by atoms with Crippen LogP contribution in [0.2, 0.25) is 0 Å². The van der Waals surface area contributed by atoms with E-state index in [1.807, 2.05) is 13.8 Å². The maximum atomic E-state index is 12.5. The third-order valence-corrected chi connectivity index (χ3v) is 6.43. The number of hydrogen-bond acceptors (Lipinski definition) is 8. The van der Waals surface area contributed by atoms with E-state index < -0.39 is 0 Å². The van der Waals surface area contributed by atoms with Crippen molar-refractivity contribution in [1.29, 1.82) is 10.5 Å². The fourth-order valence-corrected chi connectivity index (χ4v) is 4.56. The average molecular weight is 459 g/mol. The Morgan fingerprint density at radius 2 is 1.09 bits per heavy atom. The summed E-state index contributed by atoms with van der Waals surface area (Å²) in [5, 5.41) is 19.5. The third kappa shape index (κ3) is 5.82. The molecule has 0 aliphatic rings. The number of Topliss-reactive ketones (excluding diaryl/α,β-unsaturated/α-hetero) is 2. The number of thioether (sulfide) groups is 2. The van der Waals surface area contributed by atoms with Gasteiger partial charge in [0.1, 0.15) is 22.2 Å². The van der Waals surface area contributed by atoms with E-state index in [4.69, 9.17) is 0 Å². The van der Waals surface area contributed by atoms with Gasteiger partial charge < -0.3 is 0 Å². The maximum absolute atomic E-state index is 12.5. The molecule has 0 bridgehead atoms. The van der Waals surface area contributed by atoms with Gasteiger partial charge in [-0.3, -0.25) is 9.59 Å². The number of aromatic nitrogens is 2. The molecule has 0 atom stereocenters. The minimum atomic E-state index is -0.113. The number of pyridine rings is 2. The number of aryl methyl sites for hydroxylation is 2. The molecule has 2 aromatic heterocycles. The van der Waals surface area contributed by atoms with Crippen molar-refractivity contribution in [2.75, 3.05) is 11.5 Å². The minimum Gasteiger partial charge on any atom is -0.293 e. The molecule has 8 heteroatoms. The topological polar surface area (TPSA) is 107 Å². The Bertz CT molecular complexity index is 1160. The Balaban J connectivity index is 1.61. The quantitative estimate of drug-likeness (QED) is 0.350. The SMILES string of the molecule is Cc1ccc(C#N)c(SCC(=O)c2ccc(C(=O)CSc3nc(C)ccc3C#N)cc2)n1. The van der Waals surface area contributed by atoms with E-state index in [9.17, 15) is 20.1 Å². The smallest absolute Gasteiger partial charge is 0.173 e. The Labute approximate surface area is 194 Å². The molecule has 3 rings (SSSR count). The Hall–Kier alpha value is -3.46. The fraction of sp³-hybridized carbons (Fsp3) is 0.167. The molecule has 0 unspecified atom stereocenters. The standard InChI is InChI=1S/C24H18N4O2S2/c1-15-3-5-19(11-25)23(27-15)31-13-21(29)17-7-9-18(10-8-17)22(30)14-32-24-20(12-26)6-4-16(2)28-24/h3-10H,13-14H2,1-2H3. The van der Waals surface area contributed by atoms with E-state index in [0.717, 1.165) is 11.4 Å². The summed E-state index contributed by atoms with van der Waals surface area (Å²) >= 11 is 2.45. The highest BCUT2D eigenvalue weighted by Crippen LogP contribution is 2.23. The van der Waals surface area contributed by atoms with Gasteiger partial charge in [0.05, 0.1) is 22.6 Å². The van der Waals surface area contributed by atoms with Crippen LogP contribution in [0.15, 0.2) is 58.6 Å². The summed E-state index contributed by atoms with van der Waals surface area (Å²) in [6, 6.07) is 17.6. The van der Waals surface area contributed by atoms with Gasteiger partial charge in [-0.1, -0.05) is 47.8 Å². The van der Waals surface area contributed by atoms with Crippen molar-refractivity contribution in [2.24, 2.45) is 0 Å². The van der Waals surface area contributed by atoms with Crippen molar-refractivity contribution in [3.05, 3.63) is 82.2 Å². The van der Waals surface area contributed by atoms with Gasteiger partial charge in [-0.05, 0) is 38.1 Å². The number of rotatable bonds is 8. The van der Waals surface area contributed by atoms with Gasteiger partial charge in [0.25, 0.3) is 0 Å². The number of benzene rings is 1. The van der Waals surface area contributed by atoms with Crippen LogP contribution in [0.3, 0.4) is 0 Å². The third-order valence-electron chi connectivity index (χ3n) is 4.45. The summed E-state index contributed by atoms with van der Waals surface area (Å²) < 4.78 is 0. The molecule has 0 spiro atoms. The lowest BCUT2D eigenvalue weighted by Gasteiger charge is -2.06. The number of hydrogen-bond donors (Lipinski definition) is 0. The number of nitrogens with zero attached hydrogens (tertiary/aromatic N) is 4. The molecule has 2 heterocycles. The first-order chi connectivity index (χ1) is 15.4. The van der Waals surface area contributed by atoms with Crippen LogP contribution in [0, 0.1) is 36.5 Å². The van der Waals surface area contributed by atoms with E-state index >= 15 is 0 Å². The molecule has 3 aromatic rings. The zero-order valence-corrected chi connectivity index (χ0v) is 19.1. The maximum Gasteiger partial charge on any atom is 0.173 e. The van der Waals surface area contributed by atoms with E-state index in [1.54, 1.807) is 48.5 Å². The van der Waals surface area contributed by atoms with Gasteiger partial charge in [0, 0.05) is 22.5 Å². The van der Waals surface area contributed by atoms with Crippen molar-refractivity contribution in [3.8, 4) is 12.1 Å². The van der Waals surface area contributed by atoms with E-state index in [0.29, 0.717) is 32.3 Å². The van der Waals surface area contributed by atoms with E-state index in [2.05, 4.69) is 22.1 Å². The second-order valence-corrected chi connectivity index (χ2v) is 8.76. The number of nitriles is 2. The van der Waals surface area contributed by atoms with Crippen LogP contribution in [0.5, 0.6) is 0 Å². The molecule has 6 nitrogen and oxygen atoms in total. The highest BCUT2D eigenvalue weighted by molar-refractivity contribution is 8.00. The summed E-state index contributed by atoms with van der Waals surface area (Å²) in [6.45, 7) is 3.66. The summed E-state index contributed by atoms with van der Waals surface area (Å²) in [6.07, 6.45) is 0. The second kappa shape index (κ2) is 10.7. The lowest BCUT2D eigenvalue weighted by Crippen LogP contribution is -2.06. The van der Waals surface area contributed by atoms with Crippen LogP contribution >= 0.6 is 23.5 Å². The lowest BCUT2D eigenvalue weighted by atomic mass is 10.1. The van der Waals surface area contributed by atoms with Crippen LogP contribution in [-0.4, -0.2) is 33.0 Å². The fourth-order valence-electron chi connectivity index (χ4n) is 2.73. The Morgan fingerprint density at radius 3 is 1.44 bits per heavy atom. The molecular formula is C24H18N4O2S2. The van der Waals surface area contributed by atoms with Crippen LogP contribution in [0.4, 0.5) is 0 Å². The predicted octanol–water partition coefficient (Wildman–Crippen LogP) is 4.79. The molecule has 0 radical (unpaired) electrons. The average Bonchev–Trinajstić information content (AvgIpc) is 2.81. The molecule has 0 fully saturated rings. The summed E-state index contributed by atoms with van der Waals surface area (Å²) in [5.41, 5.74) is 3.41. The van der Waals surface area contributed by atoms with Crippen LogP contribution < -0.4 is 0 Å². The van der Waals surface area contributed by atoms with Crippen molar-refractivity contribution < 1.29 is 9.59 Å². The molecule has 0 saturated heterocycles. The van der Waals surface area contributed by atoms with Gasteiger partial charge in [0.15, 0.2) is 11.6 Å². The number of carbonyl (C=O) groups is 2. The molecule has 158 valence electrons. The summed E-state index contributed by atoms with van der Waals surface area (Å²) in [7, 11) is 0. The number of carbonyl (C=O) groups excluding carboxylic acids is 2. The molecule has 1 aromatic carbocycles. The first-order valence-corrected chi connectivity index (χ1v) is 11.6. The lowest BCUT2D eigenvalue weighted by molar-refractivity contribution is 0.101. The van der Waals surface area contributed by atoms with Crippen molar-refractivity contribution in [3.63, 3.8) is 0 Å². The second-order valence-electron chi connectivity index (χ2n) is 6.84. The molecule has 0 aliphatic heterocycles. The van der Waals surface area contributed by atoms with Gasteiger partial charge >= 0.3 is 0 Å². The highest BCUT2D eigenvalue weighted by Gasteiger charge is 2.14. The first kappa shape index (κ1) is 23.2. The van der Waals surface area contributed by atoms with Gasteiger partial charge in [0.2, 0.25) is 0 Å².